The van der Waals surface area contributed by atoms with Crippen molar-refractivity contribution < 1.29 is 27.1 Å². The predicted octanol–water partition coefficient (Wildman–Crippen LogP) is 2.75. The van der Waals surface area contributed by atoms with Crippen molar-refractivity contribution in [2.75, 3.05) is 59.2 Å². The summed E-state index contributed by atoms with van der Waals surface area (Å²) in [7, 11) is -3.91. The number of carbonyl (C=O) groups is 1. The minimum absolute atomic E-state index is 0.119. The Kier molecular flexibility index (Phi) is 7.61. The lowest BCUT2D eigenvalue weighted by Crippen LogP contribution is -2.40. The highest BCUT2D eigenvalue weighted by atomic mass is 32.2. The van der Waals surface area contributed by atoms with Gasteiger partial charge in [0.05, 0.1) is 23.5 Å². The molecule has 40 heavy (non-hydrogen) atoms. The van der Waals surface area contributed by atoms with Gasteiger partial charge in [0.15, 0.2) is 0 Å². The number of nitrogens with one attached hydrogen (secondary N) is 3. The van der Waals surface area contributed by atoms with E-state index in [0.29, 0.717) is 28.3 Å². The van der Waals surface area contributed by atoms with Crippen LogP contribution in [-0.2, 0) is 10.2 Å². The van der Waals surface area contributed by atoms with Gasteiger partial charge in [-0.05, 0) is 49.3 Å². The number of aryl methyl sites for hydroxylation is 1. The summed E-state index contributed by atoms with van der Waals surface area (Å²) in [6, 6.07) is 6.33. The third kappa shape index (κ3) is 6.44. The van der Waals surface area contributed by atoms with E-state index in [1.54, 1.807) is 30.0 Å². The molecular weight excluding hydrogens is 544 g/mol. The second-order valence-corrected chi connectivity index (χ2v) is 12.7. The number of amides is 1. The second kappa shape index (κ2) is 10.7. The number of hydrogen-bond donors (Lipinski definition) is 4. The van der Waals surface area contributed by atoms with Crippen LogP contribution in [0.3, 0.4) is 0 Å². The number of carbonyl (C=O) groups excluding carboxylic acids is 1. The summed E-state index contributed by atoms with van der Waals surface area (Å²) in [6.07, 6.45) is 1.53. The number of aliphatic hydroxyl groups is 1. The number of nitrogens with zero attached hydrogens (tertiary/aromatic N) is 4. The van der Waals surface area contributed by atoms with Gasteiger partial charge in [0.2, 0.25) is 5.95 Å². The van der Waals surface area contributed by atoms with E-state index in [4.69, 9.17) is 5.11 Å². The molecule has 2 atom stereocenters. The van der Waals surface area contributed by atoms with Gasteiger partial charge in [-0.3, -0.25) is 9.52 Å². The molecule has 14 heteroatoms. The Morgan fingerprint density at radius 2 is 1.85 bits per heavy atom. The van der Waals surface area contributed by atoms with Crippen LogP contribution in [0, 0.1) is 18.3 Å². The Bertz CT molecular complexity index is 1380. The largest absolute Gasteiger partial charge is 0.395 e. The molecule has 0 spiro atoms. The van der Waals surface area contributed by atoms with E-state index in [-0.39, 0.29) is 56.5 Å². The molecule has 1 amide bonds. The fourth-order valence-electron chi connectivity index (χ4n) is 5.46. The van der Waals surface area contributed by atoms with Crippen LogP contribution in [0.2, 0.25) is 0 Å². The Hall–Kier alpha value is -3.10. The Morgan fingerprint density at radius 1 is 1.12 bits per heavy atom. The minimum atomic E-state index is -3.91. The lowest BCUT2D eigenvalue weighted by Gasteiger charge is -2.33. The summed E-state index contributed by atoms with van der Waals surface area (Å²) in [5, 5.41) is 11.8. The number of piperidine rings is 2. The van der Waals surface area contributed by atoms with Crippen molar-refractivity contribution in [3.05, 3.63) is 35.5 Å². The zero-order chi connectivity index (χ0) is 28.7. The average Bonchev–Trinajstić information content (AvgIpc) is 3.57. The normalized spacial score (nSPS) is 23.9. The molecule has 11 nitrogen and oxygen atoms in total. The van der Waals surface area contributed by atoms with E-state index < -0.39 is 22.0 Å². The molecule has 3 fully saturated rings. The van der Waals surface area contributed by atoms with Gasteiger partial charge in [0.1, 0.15) is 5.82 Å². The van der Waals surface area contributed by atoms with Crippen molar-refractivity contribution in [3.8, 4) is 0 Å². The van der Waals surface area contributed by atoms with E-state index >= 15 is 0 Å². The minimum Gasteiger partial charge on any atom is -0.395 e. The molecule has 2 aromatic rings. The van der Waals surface area contributed by atoms with Crippen molar-refractivity contribution in [1.82, 2.24) is 14.7 Å². The molecular formula is C26H35F2N7O4S. The zero-order valence-electron chi connectivity index (χ0n) is 22.6. The number of rotatable bonds is 9. The highest BCUT2D eigenvalue weighted by Gasteiger charge is 2.52. The van der Waals surface area contributed by atoms with Gasteiger partial charge < -0.3 is 20.2 Å². The first-order valence-electron chi connectivity index (χ1n) is 13.4. The third-order valence-corrected chi connectivity index (χ3v) is 9.12. The van der Waals surface area contributed by atoms with Crippen molar-refractivity contribution >= 4 is 39.3 Å². The van der Waals surface area contributed by atoms with Crippen molar-refractivity contribution in [3.63, 3.8) is 0 Å². The smallest absolute Gasteiger partial charge is 0.299 e. The molecule has 0 radical (unpaired) electrons. The Morgan fingerprint density at radius 3 is 2.55 bits per heavy atom. The molecule has 2 saturated heterocycles. The van der Waals surface area contributed by atoms with E-state index in [2.05, 4.69) is 36.6 Å². The zero-order valence-corrected chi connectivity index (χ0v) is 23.4. The fourth-order valence-corrected chi connectivity index (χ4v) is 6.33. The Labute approximate surface area is 232 Å². The molecule has 5 rings (SSSR count). The van der Waals surface area contributed by atoms with Gasteiger partial charge in [-0.1, -0.05) is 6.92 Å². The summed E-state index contributed by atoms with van der Waals surface area (Å²) in [6.45, 7) is 5.26. The molecule has 4 N–H and O–H groups in total. The van der Waals surface area contributed by atoms with Crippen LogP contribution < -0.4 is 24.6 Å². The predicted molar refractivity (Wildman–Crippen MR) is 148 cm³/mol. The standard InChI is InChI=1S/C26H35F2N7O4S/c1-17-13-22(32-24(30-17)34-10-6-26(27,28)7-11-34)31-23(37)20-4-3-19(33-40(38,39)29-8-12-36)14-21(20)35-9-5-25(2)15-18(25)16-35/h3-4,13-14,18,29,33,36H,5-12,15-16H2,1-2H3,(H,30,31,32,37)/t18-,25-/m1/s1. The summed E-state index contributed by atoms with van der Waals surface area (Å²) in [5.74, 6) is -2.08. The number of alkyl halides is 2. The summed E-state index contributed by atoms with van der Waals surface area (Å²) in [4.78, 5) is 26.2. The van der Waals surface area contributed by atoms with Gasteiger partial charge >= 0.3 is 0 Å². The van der Waals surface area contributed by atoms with E-state index in [0.717, 1.165) is 25.9 Å². The summed E-state index contributed by atoms with van der Waals surface area (Å²) in [5.41, 5.74) is 2.13. The maximum absolute atomic E-state index is 13.6. The van der Waals surface area contributed by atoms with Gasteiger partial charge in [-0.25, -0.2) is 13.8 Å². The molecule has 1 aromatic carbocycles. The molecule has 3 heterocycles. The molecule has 2 aliphatic heterocycles. The number of aromatic nitrogens is 2. The van der Waals surface area contributed by atoms with E-state index in [9.17, 15) is 22.0 Å². The number of anilines is 4. The van der Waals surface area contributed by atoms with Crippen LogP contribution in [-0.4, -0.2) is 74.7 Å². The molecule has 1 saturated carbocycles. The van der Waals surface area contributed by atoms with Crippen LogP contribution in [0.5, 0.6) is 0 Å². The van der Waals surface area contributed by atoms with Crippen LogP contribution in [0.15, 0.2) is 24.3 Å². The molecule has 0 bridgehead atoms. The summed E-state index contributed by atoms with van der Waals surface area (Å²) < 4.78 is 56.7. The summed E-state index contributed by atoms with van der Waals surface area (Å²) >= 11 is 0. The van der Waals surface area contributed by atoms with E-state index in [1.807, 2.05) is 0 Å². The number of benzene rings is 1. The fraction of sp³-hybridized carbons (Fsp3) is 0.577. The van der Waals surface area contributed by atoms with Crippen molar-refractivity contribution in [2.45, 2.75) is 45.5 Å². The number of aliphatic hydroxyl groups excluding tert-OH is 1. The topological polar surface area (TPSA) is 140 Å². The molecule has 0 unspecified atom stereocenters. The SMILES string of the molecule is Cc1cc(NC(=O)c2ccc(NS(=O)(=O)NCCO)cc2N2CC[C@]3(C)C[C@@H]3C2)nc(N2CCC(F)(F)CC2)n1. The first-order valence-corrected chi connectivity index (χ1v) is 14.9. The Balaban J connectivity index is 1.39. The van der Waals surface area contributed by atoms with Gasteiger partial charge in [-0.15, -0.1) is 0 Å². The molecule has 218 valence electrons. The first-order chi connectivity index (χ1) is 18.9. The van der Waals surface area contributed by atoms with E-state index in [1.165, 1.54) is 6.07 Å². The van der Waals surface area contributed by atoms with Crippen LogP contribution in [0.4, 0.5) is 31.9 Å². The average molecular weight is 580 g/mol. The molecule has 1 aliphatic carbocycles. The maximum atomic E-state index is 13.6. The van der Waals surface area contributed by atoms with Crippen LogP contribution >= 0.6 is 0 Å². The number of hydrogen-bond acceptors (Lipinski definition) is 8. The number of fused-ring (bicyclic) bond motifs is 1. The lowest BCUT2D eigenvalue weighted by molar-refractivity contribution is -0.0222. The van der Waals surface area contributed by atoms with Gasteiger partial charge in [0.25, 0.3) is 22.0 Å². The monoisotopic (exact) mass is 579 g/mol. The second-order valence-electron chi connectivity index (χ2n) is 11.2. The van der Waals surface area contributed by atoms with Gasteiger partial charge in [-0.2, -0.15) is 18.1 Å². The number of halogens is 2. The lowest BCUT2D eigenvalue weighted by atomic mass is 9.96. The molecule has 1 aromatic heterocycles. The van der Waals surface area contributed by atoms with Crippen LogP contribution in [0.1, 0.15) is 48.7 Å². The van der Waals surface area contributed by atoms with Crippen LogP contribution in [0.25, 0.3) is 0 Å². The molecule has 3 aliphatic rings. The van der Waals surface area contributed by atoms with Crippen molar-refractivity contribution in [1.29, 1.82) is 0 Å². The third-order valence-electron chi connectivity index (χ3n) is 8.03. The van der Waals surface area contributed by atoms with Gasteiger partial charge in [0, 0.05) is 57.3 Å². The highest BCUT2D eigenvalue weighted by molar-refractivity contribution is 7.90. The van der Waals surface area contributed by atoms with Crippen molar-refractivity contribution in [2.24, 2.45) is 11.3 Å². The first kappa shape index (κ1) is 28.4. The highest BCUT2D eigenvalue weighted by Crippen LogP contribution is 2.58. The maximum Gasteiger partial charge on any atom is 0.299 e. The quantitative estimate of drug-likeness (QED) is 0.356.